The van der Waals surface area contributed by atoms with E-state index < -0.39 is 18.2 Å². The van der Waals surface area contributed by atoms with E-state index in [4.69, 9.17) is 9.84 Å². The van der Waals surface area contributed by atoms with Gasteiger partial charge in [-0.3, -0.25) is 0 Å². The van der Waals surface area contributed by atoms with Gasteiger partial charge in [-0.05, 0) is 40.1 Å². The standard InChI is InChI=1S/C13H12F2O2S/c14-11-5-10(7-16)6-12(15)13(11)17-3-1-9-2-4-18-8-9/h2,4-6,8,16H,1,3,7H2. The average molecular weight is 270 g/mol. The third-order valence-electron chi connectivity index (χ3n) is 2.46. The van der Waals surface area contributed by atoms with E-state index in [1.54, 1.807) is 11.3 Å². The zero-order valence-corrected chi connectivity index (χ0v) is 10.3. The summed E-state index contributed by atoms with van der Waals surface area (Å²) < 4.78 is 32.1. The SMILES string of the molecule is OCc1cc(F)c(OCCc2ccsc2)c(F)c1. The second-order valence-electron chi connectivity index (χ2n) is 3.78. The quantitative estimate of drug-likeness (QED) is 0.904. The van der Waals surface area contributed by atoms with Gasteiger partial charge in [-0.2, -0.15) is 11.3 Å². The monoisotopic (exact) mass is 270 g/mol. The minimum Gasteiger partial charge on any atom is -0.487 e. The Bertz CT molecular complexity index is 489. The first kappa shape index (κ1) is 13.0. The van der Waals surface area contributed by atoms with Crippen molar-refractivity contribution in [2.24, 2.45) is 0 Å². The molecule has 2 rings (SSSR count). The molecule has 2 aromatic rings. The lowest BCUT2D eigenvalue weighted by atomic mass is 10.2. The van der Waals surface area contributed by atoms with E-state index in [1.807, 2.05) is 16.8 Å². The van der Waals surface area contributed by atoms with Gasteiger partial charge in [0.05, 0.1) is 13.2 Å². The summed E-state index contributed by atoms with van der Waals surface area (Å²) in [5.74, 6) is -1.96. The molecule has 96 valence electrons. The molecular formula is C13H12F2O2S. The lowest BCUT2D eigenvalue weighted by Gasteiger charge is -2.09. The topological polar surface area (TPSA) is 29.5 Å². The number of benzene rings is 1. The van der Waals surface area contributed by atoms with Crippen molar-refractivity contribution in [2.75, 3.05) is 6.61 Å². The summed E-state index contributed by atoms with van der Waals surface area (Å²) in [6.45, 7) is -0.188. The smallest absolute Gasteiger partial charge is 0.190 e. The molecule has 1 heterocycles. The van der Waals surface area contributed by atoms with Gasteiger partial charge in [-0.25, -0.2) is 8.78 Å². The fourth-order valence-electron chi connectivity index (χ4n) is 1.55. The van der Waals surface area contributed by atoms with Crippen LogP contribution in [0.2, 0.25) is 0 Å². The van der Waals surface area contributed by atoms with Gasteiger partial charge in [-0.1, -0.05) is 0 Å². The summed E-state index contributed by atoms with van der Waals surface area (Å²) >= 11 is 1.57. The van der Waals surface area contributed by atoms with Gasteiger partial charge in [0.15, 0.2) is 17.4 Å². The fraction of sp³-hybridized carbons (Fsp3) is 0.231. The van der Waals surface area contributed by atoms with E-state index in [-0.39, 0.29) is 17.9 Å². The maximum atomic E-state index is 13.5. The van der Waals surface area contributed by atoms with Gasteiger partial charge in [0, 0.05) is 6.42 Å². The summed E-state index contributed by atoms with van der Waals surface area (Å²) in [7, 11) is 0. The van der Waals surface area contributed by atoms with E-state index >= 15 is 0 Å². The highest BCUT2D eigenvalue weighted by Gasteiger charge is 2.12. The van der Waals surface area contributed by atoms with Crippen LogP contribution in [0, 0.1) is 11.6 Å². The van der Waals surface area contributed by atoms with Crippen molar-refractivity contribution in [1.29, 1.82) is 0 Å². The van der Waals surface area contributed by atoms with E-state index in [0.29, 0.717) is 6.42 Å². The molecule has 0 unspecified atom stereocenters. The van der Waals surface area contributed by atoms with Crippen LogP contribution in [0.4, 0.5) is 8.78 Å². The van der Waals surface area contributed by atoms with Crippen molar-refractivity contribution >= 4 is 11.3 Å². The number of aliphatic hydroxyl groups is 1. The van der Waals surface area contributed by atoms with E-state index in [2.05, 4.69) is 0 Å². The van der Waals surface area contributed by atoms with Crippen LogP contribution in [0.25, 0.3) is 0 Å². The van der Waals surface area contributed by atoms with Crippen LogP contribution in [0.15, 0.2) is 29.0 Å². The molecule has 0 aliphatic rings. The molecule has 1 aromatic carbocycles. The predicted molar refractivity (Wildman–Crippen MR) is 65.8 cm³/mol. The minimum atomic E-state index is -0.788. The molecule has 1 N–H and O–H groups in total. The molecule has 0 amide bonds. The van der Waals surface area contributed by atoms with Crippen molar-refractivity contribution in [1.82, 2.24) is 0 Å². The van der Waals surface area contributed by atoms with E-state index in [0.717, 1.165) is 17.7 Å². The fourth-order valence-corrected chi connectivity index (χ4v) is 2.25. The van der Waals surface area contributed by atoms with Crippen LogP contribution in [0.3, 0.4) is 0 Å². The third-order valence-corrected chi connectivity index (χ3v) is 3.19. The molecule has 0 aliphatic heterocycles. The predicted octanol–water partition coefficient (Wildman–Crippen LogP) is 3.14. The van der Waals surface area contributed by atoms with Crippen LogP contribution < -0.4 is 4.74 Å². The van der Waals surface area contributed by atoms with Gasteiger partial charge < -0.3 is 9.84 Å². The number of ether oxygens (including phenoxy) is 1. The molecule has 0 saturated heterocycles. The van der Waals surface area contributed by atoms with Crippen molar-refractivity contribution in [3.05, 3.63) is 51.7 Å². The first-order chi connectivity index (χ1) is 8.70. The minimum absolute atomic E-state index is 0.190. The summed E-state index contributed by atoms with van der Waals surface area (Å²) in [6, 6.07) is 4.08. The summed E-state index contributed by atoms with van der Waals surface area (Å²) in [5.41, 5.74) is 1.27. The van der Waals surface area contributed by atoms with Gasteiger partial charge in [-0.15, -0.1) is 0 Å². The molecule has 0 fully saturated rings. The van der Waals surface area contributed by atoms with Crippen LogP contribution >= 0.6 is 11.3 Å². The summed E-state index contributed by atoms with van der Waals surface area (Å²) in [5, 5.41) is 12.7. The molecule has 0 aliphatic carbocycles. The number of aliphatic hydroxyl groups excluding tert-OH is 1. The summed E-state index contributed by atoms with van der Waals surface area (Å²) in [6.07, 6.45) is 0.601. The van der Waals surface area contributed by atoms with Crippen LogP contribution in [-0.2, 0) is 13.0 Å². The molecule has 0 spiro atoms. The lowest BCUT2D eigenvalue weighted by Crippen LogP contribution is -2.04. The van der Waals surface area contributed by atoms with Gasteiger partial charge in [0.25, 0.3) is 0 Å². The zero-order chi connectivity index (χ0) is 13.0. The second kappa shape index (κ2) is 5.93. The van der Waals surface area contributed by atoms with Crippen molar-refractivity contribution in [2.45, 2.75) is 13.0 Å². The Labute approximate surface area is 107 Å². The molecule has 18 heavy (non-hydrogen) atoms. The van der Waals surface area contributed by atoms with Crippen molar-refractivity contribution in [3.8, 4) is 5.75 Å². The molecule has 0 bridgehead atoms. The Morgan fingerprint density at radius 3 is 2.44 bits per heavy atom. The third kappa shape index (κ3) is 3.05. The molecule has 0 radical (unpaired) electrons. The van der Waals surface area contributed by atoms with Gasteiger partial charge >= 0.3 is 0 Å². The Morgan fingerprint density at radius 1 is 1.17 bits per heavy atom. The molecule has 5 heteroatoms. The Kier molecular flexibility index (Phi) is 4.28. The first-order valence-corrected chi connectivity index (χ1v) is 6.37. The largest absolute Gasteiger partial charge is 0.487 e. The normalized spacial score (nSPS) is 10.6. The molecule has 0 saturated carbocycles. The second-order valence-corrected chi connectivity index (χ2v) is 4.56. The molecule has 2 nitrogen and oxygen atoms in total. The number of hydrogen-bond donors (Lipinski definition) is 1. The molecular weight excluding hydrogens is 258 g/mol. The maximum absolute atomic E-state index is 13.5. The molecule has 0 atom stereocenters. The number of halogens is 2. The number of thiophene rings is 1. The Balaban J connectivity index is 2.01. The summed E-state index contributed by atoms with van der Waals surface area (Å²) in [4.78, 5) is 0. The lowest BCUT2D eigenvalue weighted by molar-refractivity contribution is 0.273. The highest BCUT2D eigenvalue weighted by atomic mass is 32.1. The number of rotatable bonds is 5. The first-order valence-electron chi connectivity index (χ1n) is 5.43. The van der Waals surface area contributed by atoms with Crippen molar-refractivity contribution < 1.29 is 18.6 Å². The average Bonchev–Trinajstić information content (AvgIpc) is 2.85. The Hall–Kier alpha value is -1.46. The van der Waals surface area contributed by atoms with E-state index in [9.17, 15) is 8.78 Å². The van der Waals surface area contributed by atoms with Gasteiger partial charge in [0.1, 0.15) is 0 Å². The highest BCUT2D eigenvalue weighted by molar-refractivity contribution is 7.07. The van der Waals surface area contributed by atoms with E-state index in [1.165, 1.54) is 0 Å². The number of hydrogen-bond acceptors (Lipinski definition) is 3. The van der Waals surface area contributed by atoms with Crippen molar-refractivity contribution in [3.63, 3.8) is 0 Å². The Morgan fingerprint density at radius 2 is 1.89 bits per heavy atom. The van der Waals surface area contributed by atoms with Crippen LogP contribution in [0.1, 0.15) is 11.1 Å². The highest BCUT2D eigenvalue weighted by Crippen LogP contribution is 2.23. The van der Waals surface area contributed by atoms with Crippen LogP contribution in [-0.4, -0.2) is 11.7 Å². The van der Waals surface area contributed by atoms with Gasteiger partial charge in [0.2, 0.25) is 0 Å². The van der Waals surface area contributed by atoms with Crippen LogP contribution in [0.5, 0.6) is 5.75 Å². The molecule has 1 aromatic heterocycles. The zero-order valence-electron chi connectivity index (χ0n) is 9.53. The maximum Gasteiger partial charge on any atom is 0.190 e.